The molecule has 104 valence electrons. The van der Waals surface area contributed by atoms with Gasteiger partial charge in [-0.2, -0.15) is 13.2 Å². The number of hydrogen-bond donors (Lipinski definition) is 0. The van der Waals surface area contributed by atoms with Crippen molar-refractivity contribution in [2.45, 2.75) is 13.1 Å². The van der Waals surface area contributed by atoms with Gasteiger partial charge in [0.15, 0.2) is 0 Å². The molecule has 8 heteroatoms. The second kappa shape index (κ2) is 6.03. The van der Waals surface area contributed by atoms with Crippen LogP contribution in [0.2, 0.25) is 0 Å². The van der Waals surface area contributed by atoms with E-state index >= 15 is 0 Å². The molecule has 0 aromatic carbocycles. The molecule has 0 aromatic rings. The highest BCUT2D eigenvalue weighted by Gasteiger charge is 2.43. The second-order valence-electron chi connectivity index (χ2n) is 3.97. The molecule has 1 aliphatic rings. The van der Waals surface area contributed by atoms with Crippen LogP contribution in [0.3, 0.4) is 0 Å². The Morgan fingerprint density at radius 3 is 2.17 bits per heavy atom. The van der Waals surface area contributed by atoms with Gasteiger partial charge in [0, 0.05) is 39.6 Å². The van der Waals surface area contributed by atoms with Gasteiger partial charge in [-0.05, 0) is 0 Å². The predicted octanol–water partition coefficient (Wildman–Crippen LogP) is 0.256. The van der Waals surface area contributed by atoms with Gasteiger partial charge < -0.3 is 9.64 Å². The Morgan fingerprint density at radius 2 is 1.72 bits per heavy atom. The van der Waals surface area contributed by atoms with Crippen molar-refractivity contribution in [1.82, 2.24) is 9.80 Å². The largest absolute Gasteiger partial charge is 0.471 e. The summed E-state index contributed by atoms with van der Waals surface area (Å²) in [6.07, 6.45) is -4.81. The predicted molar refractivity (Wildman–Crippen MR) is 55.7 cm³/mol. The lowest BCUT2D eigenvalue weighted by atomic mass is 10.3. The first-order valence-electron chi connectivity index (χ1n) is 5.52. The van der Waals surface area contributed by atoms with Gasteiger partial charge in [-0.3, -0.25) is 14.5 Å². The lowest BCUT2D eigenvalue weighted by molar-refractivity contribution is -0.187. The molecule has 1 fully saturated rings. The van der Waals surface area contributed by atoms with Crippen molar-refractivity contribution in [2.24, 2.45) is 0 Å². The first-order chi connectivity index (χ1) is 8.30. The minimum atomic E-state index is -4.81. The van der Waals surface area contributed by atoms with Crippen LogP contribution in [0.5, 0.6) is 0 Å². The maximum absolute atomic E-state index is 12.2. The first-order valence-corrected chi connectivity index (χ1v) is 5.52. The molecule has 18 heavy (non-hydrogen) atoms. The molecule has 0 aliphatic carbocycles. The molecule has 1 amide bonds. The number of amides is 1. The zero-order chi connectivity index (χ0) is 13.8. The second-order valence-corrected chi connectivity index (χ2v) is 3.97. The number of piperazine rings is 1. The van der Waals surface area contributed by atoms with Crippen LogP contribution in [0.15, 0.2) is 0 Å². The Balaban J connectivity index is 2.28. The number of carbonyl (C=O) groups excluding carboxylic acids is 2. The van der Waals surface area contributed by atoms with E-state index in [1.807, 2.05) is 4.90 Å². The minimum absolute atomic E-state index is 0.0401. The van der Waals surface area contributed by atoms with Crippen molar-refractivity contribution in [3.8, 4) is 0 Å². The summed E-state index contributed by atoms with van der Waals surface area (Å²) in [5.74, 6) is -2.18. The van der Waals surface area contributed by atoms with Gasteiger partial charge in [0.1, 0.15) is 6.61 Å². The SMILES string of the molecule is CC(=O)OCCN1CCN(C(=O)C(F)(F)F)CC1. The lowest BCUT2D eigenvalue weighted by Gasteiger charge is -2.34. The molecule has 1 saturated heterocycles. The van der Waals surface area contributed by atoms with Crippen LogP contribution in [-0.4, -0.2) is 67.2 Å². The van der Waals surface area contributed by atoms with Crippen molar-refractivity contribution in [3.05, 3.63) is 0 Å². The van der Waals surface area contributed by atoms with E-state index in [1.165, 1.54) is 6.92 Å². The number of halogens is 3. The Bertz CT molecular complexity index is 312. The molecule has 5 nitrogen and oxygen atoms in total. The zero-order valence-electron chi connectivity index (χ0n) is 10.00. The van der Waals surface area contributed by atoms with Crippen LogP contribution in [-0.2, 0) is 14.3 Å². The third-order valence-corrected chi connectivity index (χ3v) is 2.61. The standard InChI is InChI=1S/C10H15F3N2O3/c1-8(16)18-7-6-14-2-4-15(5-3-14)9(17)10(11,12)13/h2-7H2,1H3. The maximum atomic E-state index is 12.2. The van der Waals surface area contributed by atoms with Crippen LogP contribution in [0.4, 0.5) is 13.2 Å². The van der Waals surface area contributed by atoms with E-state index in [4.69, 9.17) is 4.74 Å². The molecule has 1 aliphatic heterocycles. The summed E-state index contributed by atoms with van der Waals surface area (Å²) < 4.78 is 41.2. The van der Waals surface area contributed by atoms with Crippen LogP contribution in [0.1, 0.15) is 6.92 Å². The summed E-state index contributed by atoms with van der Waals surface area (Å²) in [6.45, 7) is 2.75. The van der Waals surface area contributed by atoms with Gasteiger partial charge in [-0.15, -0.1) is 0 Å². The molecule has 0 saturated carbocycles. The number of esters is 1. The summed E-state index contributed by atoms with van der Waals surface area (Å²) in [7, 11) is 0. The Hall–Kier alpha value is -1.31. The van der Waals surface area contributed by atoms with Crippen LogP contribution >= 0.6 is 0 Å². The molecule has 0 spiro atoms. The molecule has 0 unspecified atom stereocenters. The van der Waals surface area contributed by atoms with E-state index < -0.39 is 12.1 Å². The Morgan fingerprint density at radius 1 is 1.17 bits per heavy atom. The minimum Gasteiger partial charge on any atom is -0.465 e. The normalized spacial score (nSPS) is 17.7. The molecule has 0 aromatic heterocycles. The quantitative estimate of drug-likeness (QED) is 0.689. The molecule has 1 heterocycles. The van der Waals surface area contributed by atoms with Crippen molar-refractivity contribution < 1.29 is 27.5 Å². The van der Waals surface area contributed by atoms with Crippen LogP contribution in [0.25, 0.3) is 0 Å². The number of ether oxygens (including phenoxy) is 1. The summed E-state index contributed by atoms with van der Waals surface area (Å²) in [5, 5.41) is 0. The molecule has 1 rings (SSSR count). The average molecular weight is 268 g/mol. The van der Waals surface area contributed by atoms with E-state index in [2.05, 4.69) is 0 Å². The van der Waals surface area contributed by atoms with E-state index in [0.29, 0.717) is 19.6 Å². The fourth-order valence-corrected chi connectivity index (χ4v) is 1.67. The van der Waals surface area contributed by atoms with E-state index in [-0.39, 0.29) is 25.7 Å². The highest BCUT2D eigenvalue weighted by atomic mass is 19.4. The van der Waals surface area contributed by atoms with Gasteiger partial charge in [-0.25, -0.2) is 0 Å². The van der Waals surface area contributed by atoms with Crippen molar-refractivity contribution >= 4 is 11.9 Å². The van der Waals surface area contributed by atoms with Gasteiger partial charge in [-0.1, -0.05) is 0 Å². The highest BCUT2D eigenvalue weighted by molar-refractivity contribution is 5.81. The monoisotopic (exact) mass is 268 g/mol. The van der Waals surface area contributed by atoms with Crippen molar-refractivity contribution in [2.75, 3.05) is 39.3 Å². The summed E-state index contributed by atoms with van der Waals surface area (Å²) in [6, 6.07) is 0. The van der Waals surface area contributed by atoms with Gasteiger partial charge in [0.05, 0.1) is 0 Å². The van der Waals surface area contributed by atoms with Gasteiger partial charge in [0.25, 0.3) is 0 Å². The number of rotatable bonds is 3. The third-order valence-electron chi connectivity index (χ3n) is 2.61. The maximum Gasteiger partial charge on any atom is 0.471 e. The van der Waals surface area contributed by atoms with Crippen molar-refractivity contribution in [3.63, 3.8) is 0 Å². The number of alkyl halides is 3. The number of nitrogens with zero attached hydrogens (tertiary/aromatic N) is 2. The summed E-state index contributed by atoms with van der Waals surface area (Å²) >= 11 is 0. The Labute approximate surface area is 102 Å². The number of carbonyl (C=O) groups is 2. The fraction of sp³-hybridized carbons (Fsp3) is 0.800. The summed E-state index contributed by atoms with van der Waals surface area (Å²) in [4.78, 5) is 24.1. The molecule has 0 bridgehead atoms. The lowest BCUT2D eigenvalue weighted by Crippen LogP contribution is -2.52. The summed E-state index contributed by atoms with van der Waals surface area (Å²) in [5.41, 5.74) is 0. The van der Waals surface area contributed by atoms with Gasteiger partial charge in [0.2, 0.25) is 0 Å². The van der Waals surface area contributed by atoms with E-state index in [9.17, 15) is 22.8 Å². The molecule has 0 atom stereocenters. The zero-order valence-corrected chi connectivity index (χ0v) is 10.00. The average Bonchev–Trinajstić information content (AvgIpc) is 2.27. The highest BCUT2D eigenvalue weighted by Crippen LogP contribution is 2.19. The van der Waals surface area contributed by atoms with E-state index in [0.717, 1.165) is 4.90 Å². The first kappa shape index (κ1) is 14.7. The topological polar surface area (TPSA) is 49.9 Å². The molecule has 0 radical (unpaired) electrons. The van der Waals surface area contributed by atoms with Crippen molar-refractivity contribution in [1.29, 1.82) is 0 Å². The molecule has 0 N–H and O–H groups in total. The fourth-order valence-electron chi connectivity index (χ4n) is 1.67. The third kappa shape index (κ3) is 4.52. The Kier molecular flexibility index (Phi) is 4.94. The van der Waals surface area contributed by atoms with Crippen LogP contribution < -0.4 is 0 Å². The molecular weight excluding hydrogens is 253 g/mol. The smallest absolute Gasteiger partial charge is 0.465 e. The molecular formula is C10H15F3N2O3. The number of hydrogen-bond acceptors (Lipinski definition) is 4. The van der Waals surface area contributed by atoms with Crippen LogP contribution in [0, 0.1) is 0 Å². The van der Waals surface area contributed by atoms with E-state index in [1.54, 1.807) is 0 Å². The van der Waals surface area contributed by atoms with Gasteiger partial charge >= 0.3 is 18.1 Å².